The fourth-order valence-corrected chi connectivity index (χ4v) is 5.28. The molecule has 0 aliphatic carbocycles. The molecule has 0 saturated carbocycles. The summed E-state index contributed by atoms with van der Waals surface area (Å²) in [5.74, 6) is -0.599. The van der Waals surface area contributed by atoms with Crippen LogP contribution < -0.4 is 19.9 Å². The van der Waals surface area contributed by atoms with Gasteiger partial charge < -0.3 is 19.9 Å². The third-order valence-electron chi connectivity index (χ3n) is 7.22. The summed E-state index contributed by atoms with van der Waals surface area (Å²) in [5.41, 5.74) is 1.82. The summed E-state index contributed by atoms with van der Waals surface area (Å²) >= 11 is 0. The average molecular weight is 514 g/mol. The van der Waals surface area contributed by atoms with Crippen molar-refractivity contribution in [2.24, 2.45) is 5.92 Å². The number of anilines is 2. The van der Waals surface area contributed by atoms with Crippen molar-refractivity contribution in [3.05, 3.63) is 89.2 Å². The number of nitrogens with zero attached hydrogens (tertiary/aromatic N) is 2. The van der Waals surface area contributed by atoms with Crippen LogP contribution in [0.1, 0.15) is 16.7 Å². The quantitative estimate of drug-likeness (QED) is 0.486. The second kappa shape index (κ2) is 9.95. The first-order chi connectivity index (χ1) is 17.7. The van der Waals surface area contributed by atoms with Crippen LogP contribution in [0.5, 0.6) is 5.75 Å². The monoisotopic (exact) mass is 513 g/mol. The van der Waals surface area contributed by atoms with Crippen LogP contribution in [0, 0.1) is 11.7 Å². The van der Waals surface area contributed by atoms with E-state index < -0.39 is 23.5 Å². The Kier molecular flexibility index (Phi) is 6.70. The fourth-order valence-electron chi connectivity index (χ4n) is 5.28. The second-order valence-electron chi connectivity index (χ2n) is 9.37. The highest BCUT2D eigenvalue weighted by molar-refractivity contribution is 5.82. The smallest absolute Gasteiger partial charge is 0.416 e. The van der Waals surface area contributed by atoms with Crippen molar-refractivity contribution < 1.29 is 27.1 Å². The van der Waals surface area contributed by atoms with Crippen molar-refractivity contribution >= 4 is 17.3 Å². The van der Waals surface area contributed by atoms with Gasteiger partial charge in [-0.3, -0.25) is 4.79 Å². The Morgan fingerprint density at radius 3 is 2.51 bits per heavy atom. The van der Waals surface area contributed by atoms with Crippen LogP contribution in [-0.4, -0.2) is 38.7 Å². The lowest BCUT2D eigenvalue weighted by molar-refractivity contribution is -0.137. The molecule has 9 heteroatoms. The largest absolute Gasteiger partial charge is 0.497 e. The molecule has 194 valence electrons. The highest BCUT2D eigenvalue weighted by Gasteiger charge is 2.42. The number of hydrogen-bond donors (Lipinski definition) is 1. The van der Waals surface area contributed by atoms with E-state index in [4.69, 9.17) is 4.74 Å². The van der Waals surface area contributed by atoms with Crippen LogP contribution in [0.4, 0.5) is 28.9 Å². The number of amides is 1. The predicted molar refractivity (Wildman–Crippen MR) is 133 cm³/mol. The van der Waals surface area contributed by atoms with E-state index in [2.05, 4.69) is 10.2 Å². The van der Waals surface area contributed by atoms with Crippen molar-refractivity contribution in [2.75, 3.05) is 36.5 Å². The van der Waals surface area contributed by atoms with Gasteiger partial charge in [0.1, 0.15) is 11.6 Å². The zero-order valence-electron chi connectivity index (χ0n) is 20.3. The fraction of sp³-hybridized carbons (Fsp3) is 0.321. The van der Waals surface area contributed by atoms with Crippen molar-refractivity contribution in [3.8, 4) is 5.75 Å². The third kappa shape index (κ3) is 5.08. The Balaban J connectivity index is 1.44. The van der Waals surface area contributed by atoms with Gasteiger partial charge in [-0.25, -0.2) is 4.39 Å². The van der Waals surface area contributed by atoms with Crippen molar-refractivity contribution in [2.45, 2.75) is 25.2 Å². The lowest BCUT2D eigenvalue weighted by Crippen LogP contribution is -2.61. The van der Waals surface area contributed by atoms with Crippen molar-refractivity contribution in [1.29, 1.82) is 0 Å². The average Bonchev–Trinajstić information content (AvgIpc) is 2.91. The number of benzene rings is 3. The standard InChI is InChI=1S/C28H27F4N3O2/c1-37-22-9-7-21(8-10-22)34-12-13-35-25-11-6-20(28(30,31)32)14-19(25)15-23(26(35)17-34)27(36)33-16-18-4-2-3-5-24(18)29/h2-11,14,23,26H,12-13,15-17H2,1H3,(H,33,36). The number of rotatable bonds is 5. The van der Waals surface area contributed by atoms with Gasteiger partial charge in [0.05, 0.1) is 24.6 Å². The Hall–Kier alpha value is -3.75. The molecule has 2 unspecified atom stereocenters. The first kappa shape index (κ1) is 24.9. The highest BCUT2D eigenvalue weighted by atomic mass is 19.4. The summed E-state index contributed by atoms with van der Waals surface area (Å²) in [7, 11) is 1.60. The molecule has 1 fully saturated rings. The van der Waals surface area contributed by atoms with E-state index >= 15 is 0 Å². The summed E-state index contributed by atoms with van der Waals surface area (Å²) in [6.45, 7) is 1.72. The first-order valence-corrected chi connectivity index (χ1v) is 12.1. The van der Waals surface area contributed by atoms with Crippen molar-refractivity contribution in [3.63, 3.8) is 0 Å². The van der Waals surface area contributed by atoms with Gasteiger partial charge in [-0.15, -0.1) is 0 Å². The zero-order chi connectivity index (χ0) is 26.2. The van der Waals surface area contributed by atoms with E-state index in [0.717, 1.165) is 29.3 Å². The van der Waals surface area contributed by atoms with Gasteiger partial charge in [0, 0.05) is 43.1 Å². The SMILES string of the molecule is COc1ccc(N2CCN3c4ccc(C(F)(F)F)cc4CC(C(=O)NCc4ccccc4F)C3C2)cc1. The molecule has 0 spiro atoms. The summed E-state index contributed by atoms with van der Waals surface area (Å²) in [4.78, 5) is 17.7. The minimum atomic E-state index is -4.47. The van der Waals surface area contributed by atoms with E-state index in [1.54, 1.807) is 25.3 Å². The number of hydrogen-bond acceptors (Lipinski definition) is 4. The van der Waals surface area contributed by atoms with Gasteiger partial charge in [-0.1, -0.05) is 18.2 Å². The molecule has 2 heterocycles. The number of carbonyl (C=O) groups is 1. The van der Waals surface area contributed by atoms with E-state index in [-0.39, 0.29) is 24.9 Å². The van der Waals surface area contributed by atoms with Gasteiger partial charge in [0.2, 0.25) is 5.91 Å². The lowest BCUT2D eigenvalue weighted by atomic mass is 9.82. The van der Waals surface area contributed by atoms with E-state index in [0.29, 0.717) is 30.8 Å². The third-order valence-corrected chi connectivity index (χ3v) is 7.22. The summed E-state index contributed by atoms with van der Waals surface area (Å²) in [6.07, 6.45) is -4.30. The minimum Gasteiger partial charge on any atom is -0.497 e. The van der Waals surface area contributed by atoms with Gasteiger partial charge in [-0.2, -0.15) is 13.2 Å². The normalized spacial score (nSPS) is 19.2. The lowest BCUT2D eigenvalue weighted by Gasteiger charge is -2.49. The number of halogens is 4. The number of methoxy groups -OCH3 is 1. The second-order valence-corrected chi connectivity index (χ2v) is 9.37. The molecule has 5 nitrogen and oxygen atoms in total. The maximum atomic E-state index is 14.1. The number of carbonyl (C=O) groups excluding carboxylic acids is 1. The molecule has 0 aromatic heterocycles. The van der Waals surface area contributed by atoms with Crippen LogP contribution in [0.15, 0.2) is 66.7 Å². The van der Waals surface area contributed by atoms with E-state index in [1.807, 2.05) is 29.2 Å². The maximum Gasteiger partial charge on any atom is 0.416 e. The number of piperazine rings is 1. The molecule has 0 bridgehead atoms. The highest BCUT2D eigenvalue weighted by Crippen LogP contribution is 2.40. The molecule has 2 atom stereocenters. The first-order valence-electron chi connectivity index (χ1n) is 12.1. The van der Waals surface area contributed by atoms with E-state index in [1.165, 1.54) is 12.1 Å². The molecule has 1 amide bonds. The van der Waals surface area contributed by atoms with Crippen molar-refractivity contribution in [1.82, 2.24) is 5.32 Å². The van der Waals surface area contributed by atoms with Crippen LogP contribution >= 0.6 is 0 Å². The molecule has 2 aliphatic heterocycles. The molecule has 2 aliphatic rings. The molecule has 3 aromatic carbocycles. The predicted octanol–water partition coefficient (Wildman–Crippen LogP) is 5.04. The molecule has 3 aromatic rings. The Bertz CT molecular complexity index is 1280. The van der Waals surface area contributed by atoms with Crippen LogP contribution in [-0.2, 0) is 23.9 Å². The minimum absolute atomic E-state index is 0.00632. The van der Waals surface area contributed by atoms with Gasteiger partial charge in [-0.05, 0) is 60.5 Å². The number of alkyl halides is 3. The van der Waals surface area contributed by atoms with Gasteiger partial charge in [0.25, 0.3) is 0 Å². The van der Waals surface area contributed by atoms with Gasteiger partial charge >= 0.3 is 6.18 Å². The number of nitrogens with one attached hydrogen (secondary N) is 1. The Labute approximate surface area is 212 Å². The topological polar surface area (TPSA) is 44.8 Å². The molecular formula is C28H27F4N3O2. The van der Waals surface area contributed by atoms with Gasteiger partial charge in [0.15, 0.2) is 0 Å². The molecule has 1 N–H and O–H groups in total. The zero-order valence-corrected chi connectivity index (χ0v) is 20.3. The van der Waals surface area contributed by atoms with Crippen LogP contribution in [0.3, 0.4) is 0 Å². The summed E-state index contributed by atoms with van der Waals surface area (Å²) in [6, 6.07) is 17.3. The molecule has 0 radical (unpaired) electrons. The summed E-state index contributed by atoms with van der Waals surface area (Å²) < 4.78 is 59.7. The molecule has 37 heavy (non-hydrogen) atoms. The Morgan fingerprint density at radius 1 is 1.05 bits per heavy atom. The summed E-state index contributed by atoms with van der Waals surface area (Å²) in [5, 5.41) is 2.83. The molecule has 5 rings (SSSR count). The number of ether oxygens (including phenoxy) is 1. The molecule has 1 saturated heterocycles. The maximum absolute atomic E-state index is 14.1. The Morgan fingerprint density at radius 2 is 1.81 bits per heavy atom. The molecular weight excluding hydrogens is 486 g/mol. The van der Waals surface area contributed by atoms with Crippen LogP contribution in [0.2, 0.25) is 0 Å². The van der Waals surface area contributed by atoms with Crippen LogP contribution in [0.25, 0.3) is 0 Å². The number of fused-ring (bicyclic) bond motifs is 3. The van der Waals surface area contributed by atoms with E-state index in [9.17, 15) is 22.4 Å².